The summed E-state index contributed by atoms with van der Waals surface area (Å²) in [5.74, 6) is -0.351. The molecule has 1 fully saturated rings. The van der Waals surface area contributed by atoms with Crippen molar-refractivity contribution in [1.29, 1.82) is 0 Å². The Hall–Kier alpha value is -1.88. The highest BCUT2D eigenvalue weighted by atomic mass is 16.4. The Kier molecular flexibility index (Phi) is 4.30. The first-order valence-corrected chi connectivity index (χ1v) is 6.09. The third-order valence-electron chi connectivity index (χ3n) is 2.99. The van der Waals surface area contributed by atoms with Crippen LogP contribution < -0.4 is 5.32 Å². The molecule has 2 rings (SSSR count). The van der Waals surface area contributed by atoms with Gasteiger partial charge in [-0.1, -0.05) is 23.4 Å². The molecular formula is C13H17N3O2. The van der Waals surface area contributed by atoms with Crippen LogP contribution in [-0.4, -0.2) is 41.4 Å². The summed E-state index contributed by atoms with van der Waals surface area (Å²) in [5.41, 5.74) is 0.853. The number of carbonyl (C=O) groups excluding carboxylic acids is 1. The first-order valence-electron chi connectivity index (χ1n) is 6.09. The summed E-state index contributed by atoms with van der Waals surface area (Å²) >= 11 is 0. The van der Waals surface area contributed by atoms with Crippen LogP contribution in [0.2, 0.25) is 0 Å². The average Bonchev–Trinajstić information content (AvgIpc) is 2.90. The van der Waals surface area contributed by atoms with E-state index in [4.69, 9.17) is 5.21 Å². The number of oxime groups is 1. The van der Waals surface area contributed by atoms with Crippen LogP contribution in [0, 0.1) is 0 Å². The van der Waals surface area contributed by atoms with Gasteiger partial charge in [-0.15, -0.1) is 0 Å². The fraction of sp³-hybridized carbons (Fsp3) is 0.385. The van der Waals surface area contributed by atoms with E-state index in [9.17, 15) is 4.79 Å². The molecule has 1 aliphatic heterocycles. The van der Waals surface area contributed by atoms with Gasteiger partial charge in [0.1, 0.15) is 0 Å². The van der Waals surface area contributed by atoms with Gasteiger partial charge in [0.05, 0.1) is 0 Å². The molecule has 18 heavy (non-hydrogen) atoms. The van der Waals surface area contributed by atoms with Crippen molar-refractivity contribution in [2.45, 2.75) is 12.8 Å². The van der Waals surface area contributed by atoms with Crippen molar-refractivity contribution in [1.82, 2.24) is 4.90 Å². The first-order chi connectivity index (χ1) is 8.79. The number of nitrogens with one attached hydrogen (secondary N) is 1. The number of hydrogen-bond acceptors (Lipinski definition) is 4. The van der Waals surface area contributed by atoms with Gasteiger partial charge >= 0.3 is 0 Å². The Morgan fingerprint density at radius 2 is 1.94 bits per heavy atom. The Morgan fingerprint density at radius 3 is 2.56 bits per heavy atom. The second-order valence-corrected chi connectivity index (χ2v) is 4.35. The number of hydrogen-bond donors (Lipinski definition) is 2. The molecule has 1 aliphatic rings. The van der Waals surface area contributed by atoms with Crippen LogP contribution in [0.5, 0.6) is 0 Å². The van der Waals surface area contributed by atoms with Gasteiger partial charge in [0.15, 0.2) is 5.71 Å². The second-order valence-electron chi connectivity index (χ2n) is 4.35. The van der Waals surface area contributed by atoms with Gasteiger partial charge in [-0.2, -0.15) is 0 Å². The Balaban J connectivity index is 1.93. The molecule has 0 aromatic heterocycles. The van der Waals surface area contributed by atoms with Crippen molar-refractivity contribution in [2.75, 3.05) is 25.0 Å². The lowest BCUT2D eigenvalue weighted by molar-refractivity contribution is -0.110. The zero-order chi connectivity index (χ0) is 12.8. The van der Waals surface area contributed by atoms with Crippen molar-refractivity contribution in [3.63, 3.8) is 0 Å². The highest BCUT2D eigenvalue weighted by molar-refractivity contribution is 6.43. The Morgan fingerprint density at radius 1 is 1.28 bits per heavy atom. The monoisotopic (exact) mass is 247 g/mol. The van der Waals surface area contributed by atoms with E-state index in [1.807, 2.05) is 18.2 Å². The lowest BCUT2D eigenvalue weighted by Gasteiger charge is -2.14. The fourth-order valence-electron chi connectivity index (χ4n) is 2.03. The van der Waals surface area contributed by atoms with Gasteiger partial charge < -0.3 is 10.5 Å². The molecule has 0 unspecified atom stereocenters. The van der Waals surface area contributed by atoms with Crippen LogP contribution in [0.4, 0.5) is 5.69 Å². The maximum atomic E-state index is 11.9. The lowest BCUT2D eigenvalue weighted by Crippen LogP contribution is -2.34. The highest BCUT2D eigenvalue weighted by Crippen LogP contribution is 2.08. The van der Waals surface area contributed by atoms with Crippen LogP contribution in [0.1, 0.15) is 12.8 Å². The highest BCUT2D eigenvalue weighted by Gasteiger charge is 2.19. The zero-order valence-corrected chi connectivity index (χ0v) is 10.2. The molecule has 0 atom stereocenters. The predicted octanol–water partition coefficient (Wildman–Crippen LogP) is 1.55. The van der Waals surface area contributed by atoms with Gasteiger partial charge in [-0.25, -0.2) is 0 Å². The summed E-state index contributed by atoms with van der Waals surface area (Å²) in [6.07, 6.45) is 2.28. The van der Waals surface area contributed by atoms with Gasteiger partial charge in [0.25, 0.3) is 5.91 Å². The SMILES string of the molecule is O=C(Nc1ccccc1)/C(CN1CCCC1)=N/O. The minimum atomic E-state index is -0.351. The summed E-state index contributed by atoms with van der Waals surface area (Å²) in [4.78, 5) is 14.0. The summed E-state index contributed by atoms with van der Waals surface area (Å²) in [7, 11) is 0. The van der Waals surface area contributed by atoms with Crippen molar-refractivity contribution < 1.29 is 10.0 Å². The molecule has 5 nitrogen and oxygen atoms in total. The number of benzene rings is 1. The molecule has 0 aliphatic carbocycles. The molecular weight excluding hydrogens is 230 g/mol. The van der Waals surface area contributed by atoms with E-state index in [1.54, 1.807) is 12.1 Å². The van der Waals surface area contributed by atoms with E-state index in [2.05, 4.69) is 15.4 Å². The first kappa shape index (κ1) is 12.6. The van der Waals surface area contributed by atoms with Gasteiger partial charge in [-0.3, -0.25) is 9.69 Å². The van der Waals surface area contributed by atoms with Crippen molar-refractivity contribution in [2.24, 2.45) is 5.16 Å². The van der Waals surface area contributed by atoms with Crippen LogP contribution in [0.25, 0.3) is 0 Å². The van der Waals surface area contributed by atoms with Crippen molar-refractivity contribution in [3.05, 3.63) is 30.3 Å². The lowest BCUT2D eigenvalue weighted by atomic mass is 10.3. The van der Waals surface area contributed by atoms with Crippen molar-refractivity contribution >= 4 is 17.3 Å². The van der Waals surface area contributed by atoms with E-state index in [1.165, 1.54) is 0 Å². The maximum absolute atomic E-state index is 11.9. The van der Waals surface area contributed by atoms with E-state index in [0.29, 0.717) is 12.2 Å². The van der Waals surface area contributed by atoms with Gasteiger partial charge in [0, 0.05) is 12.2 Å². The van der Waals surface area contributed by atoms with Crippen LogP contribution in [0.3, 0.4) is 0 Å². The van der Waals surface area contributed by atoms with E-state index < -0.39 is 0 Å². The zero-order valence-electron chi connectivity index (χ0n) is 10.2. The van der Waals surface area contributed by atoms with E-state index in [-0.39, 0.29) is 11.6 Å². The van der Waals surface area contributed by atoms with E-state index in [0.717, 1.165) is 25.9 Å². The average molecular weight is 247 g/mol. The standard InChI is InChI=1S/C13H17N3O2/c17-13(14-11-6-2-1-3-7-11)12(15-18)10-16-8-4-5-9-16/h1-3,6-7,18H,4-5,8-10H2,(H,14,17)/b15-12+. The van der Waals surface area contributed by atoms with Gasteiger partial charge in [0.2, 0.25) is 0 Å². The molecule has 1 heterocycles. The Labute approximate surface area is 106 Å². The van der Waals surface area contributed by atoms with Crippen molar-refractivity contribution in [3.8, 4) is 0 Å². The van der Waals surface area contributed by atoms with Gasteiger partial charge in [-0.05, 0) is 38.1 Å². The molecule has 0 spiro atoms. The fourth-order valence-corrected chi connectivity index (χ4v) is 2.03. The molecule has 1 aromatic carbocycles. The summed E-state index contributed by atoms with van der Waals surface area (Å²) in [5, 5.41) is 14.8. The molecule has 0 radical (unpaired) electrons. The summed E-state index contributed by atoms with van der Waals surface area (Å²) in [6.45, 7) is 2.31. The Bertz CT molecular complexity index is 425. The number of nitrogens with zero attached hydrogens (tertiary/aromatic N) is 2. The summed E-state index contributed by atoms with van der Waals surface area (Å²) in [6, 6.07) is 9.14. The smallest absolute Gasteiger partial charge is 0.274 e. The number of likely N-dealkylation sites (tertiary alicyclic amines) is 1. The number of carbonyl (C=O) groups is 1. The number of para-hydroxylation sites is 1. The normalized spacial score (nSPS) is 16.8. The molecule has 0 saturated carbocycles. The molecule has 1 aromatic rings. The number of rotatable bonds is 4. The molecule has 5 heteroatoms. The number of anilines is 1. The summed E-state index contributed by atoms with van der Waals surface area (Å²) < 4.78 is 0. The molecule has 1 amide bonds. The number of amides is 1. The van der Waals surface area contributed by atoms with E-state index >= 15 is 0 Å². The van der Waals surface area contributed by atoms with Crippen LogP contribution in [-0.2, 0) is 4.79 Å². The third-order valence-corrected chi connectivity index (χ3v) is 2.99. The minimum absolute atomic E-state index is 0.153. The minimum Gasteiger partial charge on any atom is -0.410 e. The predicted molar refractivity (Wildman–Crippen MR) is 70.0 cm³/mol. The molecule has 96 valence electrons. The maximum Gasteiger partial charge on any atom is 0.274 e. The largest absolute Gasteiger partial charge is 0.410 e. The third kappa shape index (κ3) is 3.30. The quantitative estimate of drug-likeness (QED) is 0.482. The topological polar surface area (TPSA) is 64.9 Å². The second kappa shape index (κ2) is 6.16. The van der Waals surface area contributed by atoms with Crippen LogP contribution >= 0.6 is 0 Å². The van der Waals surface area contributed by atoms with Crippen LogP contribution in [0.15, 0.2) is 35.5 Å². The molecule has 0 bridgehead atoms. The molecule has 2 N–H and O–H groups in total. The molecule has 1 saturated heterocycles.